The number of amides is 1. The third-order valence-electron chi connectivity index (χ3n) is 2.79. The molecule has 8 heteroatoms. The smallest absolute Gasteiger partial charge is 0.311 e. The second-order valence-corrected chi connectivity index (χ2v) is 4.42. The van der Waals surface area contributed by atoms with Gasteiger partial charge < -0.3 is 15.5 Å². The molecule has 114 valence electrons. The van der Waals surface area contributed by atoms with Crippen molar-refractivity contribution in [2.45, 2.75) is 25.7 Å². The number of hydrogen-bond donors (Lipinski definition) is 3. The zero-order valence-electron chi connectivity index (χ0n) is 11.2. The summed E-state index contributed by atoms with van der Waals surface area (Å²) in [5.74, 6) is -1.82. The Hall–Kier alpha value is -2.64. The number of nitrogens with one attached hydrogen (secondary N) is 1. The monoisotopic (exact) mass is 296 g/mol. The molecule has 0 aliphatic carbocycles. The number of unbranched alkanes of at least 4 members (excludes halogenated alkanes) is 2. The average Bonchev–Trinajstić information content (AvgIpc) is 2.42. The maximum absolute atomic E-state index is 11.8. The van der Waals surface area contributed by atoms with Gasteiger partial charge in [0.15, 0.2) is 5.75 Å². The Morgan fingerprint density at radius 1 is 1.24 bits per heavy atom. The number of phenolic OH excluding ortho intramolecular Hbond substituents is 1. The highest BCUT2D eigenvalue weighted by atomic mass is 16.6. The second-order valence-electron chi connectivity index (χ2n) is 4.42. The highest BCUT2D eigenvalue weighted by Crippen LogP contribution is 2.26. The molecule has 1 aromatic rings. The summed E-state index contributed by atoms with van der Waals surface area (Å²) >= 11 is 0. The van der Waals surface area contributed by atoms with E-state index in [1.54, 1.807) is 0 Å². The molecule has 0 radical (unpaired) electrons. The van der Waals surface area contributed by atoms with Crippen molar-refractivity contribution in [3.63, 3.8) is 0 Å². The zero-order valence-corrected chi connectivity index (χ0v) is 11.2. The first kappa shape index (κ1) is 16.4. The van der Waals surface area contributed by atoms with E-state index >= 15 is 0 Å². The molecule has 3 N–H and O–H groups in total. The summed E-state index contributed by atoms with van der Waals surface area (Å²) in [6, 6.07) is 3.40. The molecule has 0 unspecified atom stereocenters. The molecule has 0 aromatic heterocycles. The Kier molecular flexibility index (Phi) is 6.12. The fourth-order valence-electron chi connectivity index (χ4n) is 1.69. The summed E-state index contributed by atoms with van der Waals surface area (Å²) < 4.78 is 0. The molecule has 0 spiro atoms. The molecule has 0 atom stereocenters. The quantitative estimate of drug-likeness (QED) is 0.380. The van der Waals surface area contributed by atoms with Crippen LogP contribution < -0.4 is 5.32 Å². The van der Waals surface area contributed by atoms with Crippen molar-refractivity contribution < 1.29 is 24.7 Å². The van der Waals surface area contributed by atoms with Gasteiger partial charge in [-0.1, -0.05) is 6.42 Å². The fraction of sp³-hybridized carbons (Fsp3) is 0.385. The summed E-state index contributed by atoms with van der Waals surface area (Å²) in [6.45, 7) is 0.354. The van der Waals surface area contributed by atoms with Crippen LogP contribution in [0.25, 0.3) is 0 Å². The number of phenols is 1. The molecule has 0 aliphatic rings. The molecule has 1 rings (SSSR count). The van der Waals surface area contributed by atoms with Gasteiger partial charge in [0.2, 0.25) is 0 Å². The van der Waals surface area contributed by atoms with E-state index in [1.165, 1.54) is 6.07 Å². The van der Waals surface area contributed by atoms with Crippen LogP contribution in [0, 0.1) is 10.1 Å². The summed E-state index contributed by atoms with van der Waals surface area (Å²) in [5, 5.41) is 31.0. The van der Waals surface area contributed by atoms with Crippen molar-refractivity contribution in [2.24, 2.45) is 0 Å². The molecule has 0 aliphatic heterocycles. The number of carboxylic acid groups (broad SMARTS) is 1. The Labute approximate surface area is 120 Å². The van der Waals surface area contributed by atoms with E-state index in [9.17, 15) is 24.8 Å². The number of aromatic hydroxyl groups is 1. The lowest BCUT2D eigenvalue weighted by Crippen LogP contribution is -2.24. The van der Waals surface area contributed by atoms with Crippen molar-refractivity contribution >= 4 is 17.6 Å². The molecule has 0 bridgehead atoms. The minimum Gasteiger partial charge on any atom is -0.502 e. The molecular formula is C13H16N2O6. The maximum Gasteiger partial charge on any atom is 0.311 e. The van der Waals surface area contributed by atoms with E-state index < -0.39 is 28.2 Å². The number of carbonyl (C=O) groups excluding carboxylic acids is 1. The second kappa shape index (κ2) is 7.83. The van der Waals surface area contributed by atoms with Gasteiger partial charge in [-0.15, -0.1) is 0 Å². The Balaban J connectivity index is 2.44. The lowest BCUT2D eigenvalue weighted by atomic mass is 10.1. The fourth-order valence-corrected chi connectivity index (χ4v) is 1.69. The Bertz CT molecular complexity index is 543. The number of carboxylic acids is 1. The number of hydrogen-bond acceptors (Lipinski definition) is 5. The molecular weight excluding hydrogens is 280 g/mol. The average molecular weight is 296 g/mol. The molecule has 21 heavy (non-hydrogen) atoms. The first-order chi connectivity index (χ1) is 9.91. The predicted octanol–water partition coefficient (Wildman–Crippen LogP) is 1.68. The van der Waals surface area contributed by atoms with Gasteiger partial charge in [-0.05, 0) is 25.0 Å². The van der Waals surface area contributed by atoms with Crippen LogP contribution in [-0.2, 0) is 4.79 Å². The predicted molar refractivity (Wildman–Crippen MR) is 73.2 cm³/mol. The lowest BCUT2D eigenvalue weighted by molar-refractivity contribution is -0.385. The highest BCUT2D eigenvalue weighted by Gasteiger charge is 2.16. The number of nitro benzene ring substituents is 1. The number of carbonyl (C=O) groups is 2. The topological polar surface area (TPSA) is 130 Å². The van der Waals surface area contributed by atoms with E-state index in [1.807, 2.05) is 0 Å². The van der Waals surface area contributed by atoms with Crippen LogP contribution in [0.2, 0.25) is 0 Å². The van der Waals surface area contributed by atoms with E-state index in [2.05, 4.69) is 5.32 Å². The van der Waals surface area contributed by atoms with Gasteiger partial charge in [-0.2, -0.15) is 0 Å². The van der Waals surface area contributed by atoms with Gasteiger partial charge >= 0.3 is 11.7 Å². The van der Waals surface area contributed by atoms with Crippen LogP contribution in [0.5, 0.6) is 5.75 Å². The molecule has 0 heterocycles. The number of rotatable bonds is 8. The zero-order chi connectivity index (χ0) is 15.8. The van der Waals surface area contributed by atoms with E-state index in [0.717, 1.165) is 12.1 Å². The normalized spacial score (nSPS) is 10.1. The minimum atomic E-state index is -0.851. The van der Waals surface area contributed by atoms with Crippen molar-refractivity contribution in [1.29, 1.82) is 0 Å². The van der Waals surface area contributed by atoms with E-state index in [0.29, 0.717) is 25.8 Å². The van der Waals surface area contributed by atoms with Crippen molar-refractivity contribution in [2.75, 3.05) is 6.54 Å². The van der Waals surface area contributed by atoms with Gasteiger partial charge in [0.25, 0.3) is 5.91 Å². The molecule has 0 fully saturated rings. The van der Waals surface area contributed by atoms with Crippen molar-refractivity contribution in [3.05, 3.63) is 33.9 Å². The summed E-state index contributed by atoms with van der Waals surface area (Å²) in [5.41, 5.74) is -0.436. The van der Waals surface area contributed by atoms with Gasteiger partial charge in [0, 0.05) is 24.6 Å². The number of benzene rings is 1. The summed E-state index contributed by atoms with van der Waals surface area (Å²) in [7, 11) is 0. The lowest BCUT2D eigenvalue weighted by Gasteiger charge is -2.05. The summed E-state index contributed by atoms with van der Waals surface area (Å²) in [4.78, 5) is 31.9. The Morgan fingerprint density at radius 2 is 1.95 bits per heavy atom. The first-order valence-corrected chi connectivity index (χ1v) is 6.39. The molecule has 1 aromatic carbocycles. The van der Waals surface area contributed by atoms with Crippen LogP contribution in [0.1, 0.15) is 36.0 Å². The molecule has 8 nitrogen and oxygen atoms in total. The van der Waals surface area contributed by atoms with Gasteiger partial charge in [0.05, 0.1) is 4.92 Å². The third kappa shape index (κ3) is 5.47. The van der Waals surface area contributed by atoms with Crippen LogP contribution in [-0.4, -0.2) is 33.6 Å². The SMILES string of the molecule is O=C(O)CCCCCNC(=O)c1ccc(O)c([N+](=O)[O-])c1. The maximum atomic E-state index is 11.8. The van der Waals surface area contributed by atoms with Crippen LogP contribution in [0.4, 0.5) is 5.69 Å². The van der Waals surface area contributed by atoms with Gasteiger partial charge in [-0.25, -0.2) is 0 Å². The van der Waals surface area contributed by atoms with E-state index in [4.69, 9.17) is 5.11 Å². The standard InChI is InChI=1S/C13H16N2O6/c16-11-6-5-9(8-10(11)15(20)21)13(19)14-7-3-1-2-4-12(17)18/h5-6,8,16H,1-4,7H2,(H,14,19)(H,17,18). The highest BCUT2D eigenvalue weighted by molar-refractivity contribution is 5.95. The van der Waals surface area contributed by atoms with E-state index in [-0.39, 0.29) is 12.0 Å². The van der Waals surface area contributed by atoms with Crippen molar-refractivity contribution in [1.82, 2.24) is 5.32 Å². The molecule has 0 saturated carbocycles. The van der Waals surface area contributed by atoms with Crippen LogP contribution in [0.15, 0.2) is 18.2 Å². The van der Waals surface area contributed by atoms with Gasteiger partial charge in [0.1, 0.15) is 0 Å². The molecule has 1 amide bonds. The first-order valence-electron chi connectivity index (χ1n) is 6.39. The number of nitro groups is 1. The summed E-state index contributed by atoms with van der Waals surface area (Å²) in [6.07, 6.45) is 1.93. The van der Waals surface area contributed by atoms with Crippen LogP contribution >= 0.6 is 0 Å². The Morgan fingerprint density at radius 3 is 2.57 bits per heavy atom. The molecule has 0 saturated heterocycles. The minimum absolute atomic E-state index is 0.0880. The van der Waals surface area contributed by atoms with Crippen LogP contribution in [0.3, 0.4) is 0 Å². The number of aliphatic carboxylic acids is 1. The van der Waals surface area contributed by atoms with Gasteiger partial charge in [-0.3, -0.25) is 19.7 Å². The van der Waals surface area contributed by atoms with Crippen molar-refractivity contribution in [3.8, 4) is 5.75 Å². The number of nitrogens with zero attached hydrogens (tertiary/aromatic N) is 1. The third-order valence-corrected chi connectivity index (χ3v) is 2.79. The largest absolute Gasteiger partial charge is 0.502 e.